The van der Waals surface area contributed by atoms with Crippen molar-refractivity contribution in [3.63, 3.8) is 0 Å². The third-order valence-electron chi connectivity index (χ3n) is 3.34. The molecule has 15 heavy (non-hydrogen) atoms. The first-order chi connectivity index (χ1) is 6.56. The van der Waals surface area contributed by atoms with Gasteiger partial charge in [-0.3, -0.25) is 0 Å². The molecule has 0 aromatic rings. The fourth-order valence-corrected chi connectivity index (χ4v) is 1.33. The normalized spacial score (nSPS) is 14.0. The molecule has 0 aromatic heterocycles. The van der Waals surface area contributed by atoms with E-state index in [0.717, 1.165) is 19.6 Å². The topological polar surface area (TPSA) is 32.5 Å². The van der Waals surface area contributed by atoms with Crippen LogP contribution in [0.3, 0.4) is 0 Å². The summed E-state index contributed by atoms with van der Waals surface area (Å²) < 4.78 is 0. The zero-order valence-electron chi connectivity index (χ0n) is 11.6. The van der Waals surface area contributed by atoms with Crippen LogP contribution in [-0.2, 0) is 0 Å². The molecule has 0 amide bonds. The van der Waals surface area contributed by atoms with Gasteiger partial charge in [-0.15, -0.1) is 0 Å². The second-order valence-corrected chi connectivity index (χ2v) is 6.15. The van der Waals surface area contributed by atoms with E-state index in [0.29, 0.717) is 0 Å². The minimum Gasteiger partial charge on any atom is -0.325 e. The Morgan fingerprint density at radius 2 is 1.40 bits per heavy atom. The maximum atomic E-state index is 6.18. The molecular formula is C12H29N3. The highest BCUT2D eigenvalue weighted by Gasteiger charge is 2.34. The fraction of sp³-hybridized carbons (Fsp3) is 1.00. The molecule has 0 heterocycles. The fourth-order valence-electron chi connectivity index (χ4n) is 1.33. The van der Waals surface area contributed by atoms with E-state index in [1.165, 1.54) is 0 Å². The van der Waals surface area contributed by atoms with Crippen LogP contribution in [0.4, 0.5) is 0 Å². The van der Waals surface area contributed by atoms with Crippen molar-refractivity contribution in [3.8, 4) is 0 Å². The first-order valence-electron chi connectivity index (χ1n) is 5.68. The molecule has 0 saturated carbocycles. The van der Waals surface area contributed by atoms with Gasteiger partial charge < -0.3 is 15.5 Å². The Labute approximate surface area is 95.6 Å². The van der Waals surface area contributed by atoms with Crippen LogP contribution in [0.15, 0.2) is 0 Å². The van der Waals surface area contributed by atoms with Crippen LogP contribution in [0.2, 0.25) is 0 Å². The molecule has 0 atom stereocenters. The lowest BCUT2D eigenvalue weighted by atomic mass is 9.75. The van der Waals surface area contributed by atoms with Crippen molar-refractivity contribution in [1.29, 1.82) is 0 Å². The Balaban J connectivity index is 4.11. The number of hydrogen-bond donors (Lipinski definition) is 1. The van der Waals surface area contributed by atoms with Crippen LogP contribution in [0.5, 0.6) is 0 Å². The second-order valence-electron chi connectivity index (χ2n) is 6.15. The predicted octanol–water partition coefficient (Wildman–Crippen LogP) is 1.24. The predicted molar refractivity (Wildman–Crippen MR) is 68.1 cm³/mol. The Hall–Kier alpha value is -0.120. The number of nitrogens with zero attached hydrogens (tertiary/aromatic N) is 2. The summed E-state index contributed by atoms with van der Waals surface area (Å²) in [5.41, 5.74) is 6.17. The molecule has 0 aromatic carbocycles. The van der Waals surface area contributed by atoms with Gasteiger partial charge in [-0.1, -0.05) is 13.8 Å². The summed E-state index contributed by atoms with van der Waals surface area (Å²) in [6.07, 6.45) is 0. The lowest BCUT2D eigenvalue weighted by Gasteiger charge is -2.41. The van der Waals surface area contributed by atoms with Crippen molar-refractivity contribution in [2.24, 2.45) is 11.1 Å². The molecule has 3 nitrogen and oxygen atoms in total. The number of likely N-dealkylation sites (N-methyl/N-ethyl adjacent to an activating group) is 2. The maximum Gasteiger partial charge on any atom is 0.0161 e. The SMILES string of the molecule is CN(C)CCN(C)CC(C)(C)C(C)(C)N. The molecule has 0 unspecified atom stereocenters. The molecule has 0 spiro atoms. The number of nitrogens with two attached hydrogens (primary N) is 1. The molecule has 0 rings (SSSR count). The summed E-state index contributed by atoms with van der Waals surface area (Å²) >= 11 is 0. The van der Waals surface area contributed by atoms with Gasteiger partial charge >= 0.3 is 0 Å². The van der Waals surface area contributed by atoms with E-state index in [1.54, 1.807) is 0 Å². The van der Waals surface area contributed by atoms with Gasteiger partial charge in [0.05, 0.1) is 0 Å². The van der Waals surface area contributed by atoms with Crippen molar-refractivity contribution in [1.82, 2.24) is 9.80 Å². The minimum absolute atomic E-state index is 0.133. The molecule has 2 N–H and O–H groups in total. The molecule has 0 bridgehead atoms. The van der Waals surface area contributed by atoms with Crippen LogP contribution in [-0.4, -0.2) is 56.1 Å². The van der Waals surface area contributed by atoms with Crippen molar-refractivity contribution in [2.45, 2.75) is 33.2 Å². The van der Waals surface area contributed by atoms with E-state index < -0.39 is 0 Å². The summed E-state index contributed by atoms with van der Waals surface area (Å²) in [5, 5.41) is 0. The average molecular weight is 215 g/mol. The number of rotatable bonds is 6. The van der Waals surface area contributed by atoms with Crippen LogP contribution >= 0.6 is 0 Å². The molecule has 0 aliphatic heterocycles. The minimum atomic E-state index is -0.140. The molecule has 0 saturated heterocycles. The van der Waals surface area contributed by atoms with E-state index in [1.807, 2.05) is 0 Å². The smallest absolute Gasteiger partial charge is 0.0161 e. The van der Waals surface area contributed by atoms with Crippen LogP contribution in [0, 0.1) is 5.41 Å². The Morgan fingerprint density at radius 3 is 1.73 bits per heavy atom. The van der Waals surface area contributed by atoms with Gasteiger partial charge in [-0.05, 0) is 40.4 Å². The molecule has 0 aliphatic carbocycles. The molecular weight excluding hydrogens is 186 g/mol. The van der Waals surface area contributed by atoms with E-state index in [4.69, 9.17) is 5.73 Å². The monoisotopic (exact) mass is 215 g/mol. The summed E-state index contributed by atoms with van der Waals surface area (Å²) in [6.45, 7) is 11.9. The van der Waals surface area contributed by atoms with Crippen LogP contribution in [0.25, 0.3) is 0 Å². The molecule has 0 aliphatic rings. The lowest BCUT2D eigenvalue weighted by molar-refractivity contribution is 0.125. The third-order valence-corrected chi connectivity index (χ3v) is 3.34. The van der Waals surface area contributed by atoms with E-state index >= 15 is 0 Å². The van der Waals surface area contributed by atoms with Crippen molar-refractivity contribution >= 4 is 0 Å². The maximum absolute atomic E-state index is 6.18. The number of hydrogen-bond acceptors (Lipinski definition) is 3. The Kier molecular flexibility index (Phi) is 5.24. The van der Waals surface area contributed by atoms with Crippen LogP contribution in [0.1, 0.15) is 27.7 Å². The van der Waals surface area contributed by atoms with Gasteiger partial charge in [0.2, 0.25) is 0 Å². The standard InChI is InChI=1S/C12H29N3/c1-11(2,12(3,4)13)10-15(7)9-8-14(5)6/h8-10,13H2,1-7H3. The van der Waals surface area contributed by atoms with Gasteiger partial charge in [0.15, 0.2) is 0 Å². The zero-order chi connectivity index (χ0) is 12.3. The summed E-state index contributed by atoms with van der Waals surface area (Å²) in [6, 6.07) is 0. The highest BCUT2D eigenvalue weighted by atomic mass is 15.2. The molecule has 0 radical (unpaired) electrons. The second kappa shape index (κ2) is 5.28. The quantitative estimate of drug-likeness (QED) is 0.723. The largest absolute Gasteiger partial charge is 0.325 e. The van der Waals surface area contributed by atoms with E-state index in [-0.39, 0.29) is 11.0 Å². The average Bonchev–Trinajstić information content (AvgIpc) is 1.97. The summed E-state index contributed by atoms with van der Waals surface area (Å²) in [5.74, 6) is 0. The van der Waals surface area contributed by atoms with Crippen molar-refractivity contribution < 1.29 is 0 Å². The lowest BCUT2D eigenvalue weighted by Crippen LogP contribution is -2.52. The first kappa shape index (κ1) is 14.9. The van der Waals surface area contributed by atoms with Gasteiger partial charge in [-0.25, -0.2) is 0 Å². The Morgan fingerprint density at radius 1 is 0.933 bits per heavy atom. The van der Waals surface area contributed by atoms with Crippen molar-refractivity contribution in [2.75, 3.05) is 40.8 Å². The van der Waals surface area contributed by atoms with E-state index in [9.17, 15) is 0 Å². The van der Waals surface area contributed by atoms with Crippen molar-refractivity contribution in [3.05, 3.63) is 0 Å². The van der Waals surface area contributed by atoms with Gasteiger partial charge in [-0.2, -0.15) is 0 Å². The Bertz CT molecular complexity index is 180. The summed E-state index contributed by atoms with van der Waals surface area (Å²) in [4.78, 5) is 4.56. The first-order valence-corrected chi connectivity index (χ1v) is 5.68. The molecule has 92 valence electrons. The molecule has 0 fully saturated rings. The molecule has 3 heteroatoms. The highest BCUT2D eigenvalue weighted by Crippen LogP contribution is 2.28. The third kappa shape index (κ3) is 5.50. The summed E-state index contributed by atoms with van der Waals surface area (Å²) in [7, 11) is 6.37. The zero-order valence-corrected chi connectivity index (χ0v) is 11.6. The van der Waals surface area contributed by atoms with Crippen LogP contribution < -0.4 is 5.73 Å². The highest BCUT2D eigenvalue weighted by molar-refractivity contribution is 4.91. The van der Waals surface area contributed by atoms with E-state index in [2.05, 4.69) is 58.6 Å². The van der Waals surface area contributed by atoms with Gasteiger partial charge in [0, 0.05) is 25.2 Å². The van der Waals surface area contributed by atoms with Gasteiger partial charge in [0.25, 0.3) is 0 Å². The van der Waals surface area contributed by atoms with Gasteiger partial charge in [0.1, 0.15) is 0 Å².